The maximum Gasteiger partial charge on any atom is 0.290 e. The molecular weight excluding hydrogens is 274 g/mol. The number of hydrogen-bond donors (Lipinski definition) is 0. The minimum Gasteiger partial charge on any atom is -0.444 e. The number of nitrogens with zero attached hydrogens (tertiary/aromatic N) is 1. The monoisotopic (exact) mass is 287 g/mol. The lowest BCUT2D eigenvalue weighted by Gasteiger charge is -2.41. The zero-order valence-electron chi connectivity index (χ0n) is 9.33. The maximum absolute atomic E-state index is 12.2. The summed E-state index contributed by atoms with van der Waals surface area (Å²) in [5.74, 6) is 0.279. The molecule has 4 nitrogen and oxygen atoms in total. The van der Waals surface area contributed by atoms with Crippen LogP contribution >= 0.6 is 15.9 Å². The Morgan fingerprint density at radius 2 is 2.25 bits per heavy atom. The molecule has 0 radical (unpaired) electrons. The summed E-state index contributed by atoms with van der Waals surface area (Å²) in [6.45, 7) is 5.71. The molecule has 0 aromatic carbocycles. The van der Waals surface area contributed by atoms with Crippen molar-refractivity contribution in [3.05, 3.63) is 22.6 Å². The zero-order chi connectivity index (χ0) is 11.8. The Morgan fingerprint density at radius 1 is 1.50 bits per heavy atom. The number of rotatable bonds is 1. The molecule has 0 spiro atoms. The lowest BCUT2D eigenvalue weighted by atomic mass is 10.0. The van der Waals surface area contributed by atoms with Crippen molar-refractivity contribution in [3.63, 3.8) is 0 Å². The number of furan rings is 1. The third-order valence-electron chi connectivity index (χ3n) is 2.67. The summed E-state index contributed by atoms with van der Waals surface area (Å²) in [5.41, 5.74) is -0.283. The molecule has 0 atom stereocenters. The molecule has 0 N–H and O–H groups in total. The molecule has 0 aliphatic carbocycles. The third kappa shape index (κ3) is 2.15. The van der Waals surface area contributed by atoms with Crippen LogP contribution in [0.15, 0.2) is 21.2 Å². The lowest BCUT2D eigenvalue weighted by Crippen LogP contribution is -2.55. The van der Waals surface area contributed by atoms with Crippen LogP contribution in [-0.2, 0) is 4.74 Å². The lowest BCUT2D eigenvalue weighted by molar-refractivity contribution is -0.0383. The Balaban J connectivity index is 2.20. The van der Waals surface area contributed by atoms with Crippen molar-refractivity contribution in [2.45, 2.75) is 19.4 Å². The van der Waals surface area contributed by atoms with E-state index in [9.17, 15) is 4.79 Å². The predicted octanol–water partition coefficient (Wildman–Crippen LogP) is 2.29. The van der Waals surface area contributed by atoms with Crippen LogP contribution in [0.1, 0.15) is 24.4 Å². The van der Waals surface area contributed by atoms with Crippen molar-refractivity contribution in [1.29, 1.82) is 0 Å². The first-order valence-electron chi connectivity index (χ1n) is 5.16. The van der Waals surface area contributed by atoms with Crippen molar-refractivity contribution < 1.29 is 13.9 Å². The van der Waals surface area contributed by atoms with E-state index in [2.05, 4.69) is 15.9 Å². The van der Waals surface area contributed by atoms with E-state index in [1.807, 2.05) is 13.8 Å². The van der Waals surface area contributed by atoms with Gasteiger partial charge in [-0.25, -0.2) is 0 Å². The summed E-state index contributed by atoms with van der Waals surface area (Å²) in [6, 6.07) is 3.40. The van der Waals surface area contributed by atoms with Gasteiger partial charge in [0.1, 0.15) is 0 Å². The predicted molar refractivity (Wildman–Crippen MR) is 62.3 cm³/mol. The molecule has 1 aliphatic rings. The first kappa shape index (κ1) is 11.7. The van der Waals surface area contributed by atoms with Gasteiger partial charge in [0, 0.05) is 6.54 Å². The second-order valence-corrected chi connectivity index (χ2v) is 5.21. The molecule has 1 aromatic rings. The minimum absolute atomic E-state index is 0.0843. The maximum atomic E-state index is 12.2. The number of carbonyl (C=O) groups is 1. The number of carbonyl (C=O) groups excluding carboxylic acids is 1. The molecular formula is C11H14BrNO3. The zero-order valence-corrected chi connectivity index (χ0v) is 10.9. The molecule has 1 saturated heterocycles. The third-order valence-corrected chi connectivity index (χ3v) is 3.10. The quantitative estimate of drug-likeness (QED) is 0.796. The van der Waals surface area contributed by atoms with Gasteiger partial charge in [-0.05, 0) is 41.9 Å². The minimum atomic E-state index is -0.283. The molecule has 88 valence electrons. The molecule has 0 bridgehead atoms. The van der Waals surface area contributed by atoms with Gasteiger partial charge in [-0.15, -0.1) is 0 Å². The normalized spacial score (nSPS) is 19.8. The number of halogens is 1. The molecule has 1 aliphatic heterocycles. The first-order chi connectivity index (χ1) is 7.50. The second kappa shape index (κ2) is 4.22. The van der Waals surface area contributed by atoms with Crippen molar-refractivity contribution in [2.24, 2.45) is 0 Å². The Hall–Kier alpha value is -0.810. The van der Waals surface area contributed by atoms with Gasteiger partial charge in [0.05, 0.1) is 18.8 Å². The molecule has 1 amide bonds. The van der Waals surface area contributed by atoms with Crippen LogP contribution < -0.4 is 0 Å². The van der Waals surface area contributed by atoms with E-state index < -0.39 is 0 Å². The van der Waals surface area contributed by atoms with Crippen molar-refractivity contribution >= 4 is 21.8 Å². The SMILES string of the molecule is CC1(C)COCCN1C(=O)c1ccc(Br)o1. The summed E-state index contributed by atoms with van der Waals surface area (Å²) in [4.78, 5) is 14.0. The summed E-state index contributed by atoms with van der Waals surface area (Å²) in [6.07, 6.45) is 0. The standard InChI is InChI=1S/C11H14BrNO3/c1-11(2)7-15-6-5-13(11)10(14)8-3-4-9(12)16-8/h3-4H,5-7H2,1-2H3. The topological polar surface area (TPSA) is 42.7 Å². The molecule has 2 heterocycles. The van der Waals surface area contributed by atoms with Crippen molar-refractivity contribution in [3.8, 4) is 0 Å². The van der Waals surface area contributed by atoms with Gasteiger partial charge < -0.3 is 14.1 Å². The van der Waals surface area contributed by atoms with Crippen LogP contribution in [0.5, 0.6) is 0 Å². The van der Waals surface area contributed by atoms with E-state index in [1.165, 1.54) is 0 Å². The highest BCUT2D eigenvalue weighted by molar-refractivity contribution is 9.10. The van der Waals surface area contributed by atoms with Gasteiger partial charge in [0.2, 0.25) is 0 Å². The first-order valence-corrected chi connectivity index (χ1v) is 5.95. The molecule has 2 rings (SSSR count). The Bertz CT molecular complexity index is 400. The van der Waals surface area contributed by atoms with Crippen LogP contribution in [0.4, 0.5) is 0 Å². The Kier molecular flexibility index (Phi) is 3.08. The largest absolute Gasteiger partial charge is 0.444 e. The van der Waals surface area contributed by atoms with E-state index in [-0.39, 0.29) is 11.4 Å². The Labute approximate surface area is 103 Å². The number of amides is 1. The average Bonchev–Trinajstić information content (AvgIpc) is 2.63. The number of ether oxygens (including phenoxy) is 1. The average molecular weight is 288 g/mol. The van der Waals surface area contributed by atoms with Crippen molar-refractivity contribution in [1.82, 2.24) is 4.90 Å². The summed E-state index contributed by atoms with van der Waals surface area (Å²) in [7, 11) is 0. The molecule has 0 saturated carbocycles. The van der Waals surface area contributed by atoms with E-state index >= 15 is 0 Å². The van der Waals surface area contributed by atoms with Gasteiger partial charge in [-0.3, -0.25) is 4.79 Å². The summed E-state index contributed by atoms with van der Waals surface area (Å²) in [5, 5.41) is 0. The van der Waals surface area contributed by atoms with Gasteiger partial charge in [0.15, 0.2) is 10.4 Å². The van der Waals surface area contributed by atoms with Crippen LogP contribution in [0.2, 0.25) is 0 Å². The van der Waals surface area contributed by atoms with Crippen molar-refractivity contribution in [2.75, 3.05) is 19.8 Å². The summed E-state index contributed by atoms with van der Waals surface area (Å²) >= 11 is 3.19. The molecule has 5 heteroatoms. The molecule has 16 heavy (non-hydrogen) atoms. The smallest absolute Gasteiger partial charge is 0.290 e. The van der Waals surface area contributed by atoms with Gasteiger partial charge >= 0.3 is 0 Å². The molecule has 1 fully saturated rings. The van der Waals surface area contributed by atoms with E-state index in [0.717, 1.165) is 0 Å². The number of hydrogen-bond acceptors (Lipinski definition) is 3. The second-order valence-electron chi connectivity index (χ2n) is 4.43. The highest BCUT2D eigenvalue weighted by Gasteiger charge is 2.35. The molecule has 1 aromatic heterocycles. The van der Waals surface area contributed by atoms with Crippen LogP contribution in [0, 0.1) is 0 Å². The highest BCUT2D eigenvalue weighted by atomic mass is 79.9. The van der Waals surface area contributed by atoms with Crippen LogP contribution in [-0.4, -0.2) is 36.1 Å². The molecule has 0 unspecified atom stereocenters. The van der Waals surface area contributed by atoms with Gasteiger partial charge in [-0.1, -0.05) is 0 Å². The van der Waals surface area contributed by atoms with E-state index in [4.69, 9.17) is 9.15 Å². The Morgan fingerprint density at radius 3 is 2.81 bits per heavy atom. The van der Waals surface area contributed by atoms with Crippen LogP contribution in [0.25, 0.3) is 0 Å². The van der Waals surface area contributed by atoms with E-state index in [0.29, 0.717) is 30.2 Å². The highest BCUT2D eigenvalue weighted by Crippen LogP contribution is 2.23. The van der Waals surface area contributed by atoms with Crippen LogP contribution in [0.3, 0.4) is 0 Å². The van der Waals surface area contributed by atoms with Gasteiger partial charge in [-0.2, -0.15) is 0 Å². The fourth-order valence-electron chi connectivity index (χ4n) is 1.80. The number of morpholine rings is 1. The fourth-order valence-corrected chi connectivity index (χ4v) is 2.10. The van der Waals surface area contributed by atoms with Gasteiger partial charge in [0.25, 0.3) is 5.91 Å². The van der Waals surface area contributed by atoms with E-state index in [1.54, 1.807) is 17.0 Å². The summed E-state index contributed by atoms with van der Waals surface area (Å²) < 4.78 is 11.2. The fraction of sp³-hybridized carbons (Fsp3) is 0.545.